The summed E-state index contributed by atoms with van der Waals surface area (Å²) in [5.74, 6) is -0.334. The molecule has 0 aliphatic carbocycles. The molecule has 2 atom stereocenters. The van der Waals surface area contributed by atoms with Crippen LogP contribution in [-0.2, 0) is 27.9 Å². The molecule has 0 saturated carbocycles. The minimum Gasteiger partial charge on any atom is -0.457 e. The zero-order valence-corrected chi connectivity index (χ0v) is 41.9. The Kier molecular flexibility index (Phi) is 44.1. The molecule has 0 heterocycles. The van der Waals surface area contributed by atoms with Gasteiger partial charge in [-0.1, -0.05) is 175 Å². The molecule has 9 heteroatoms. The van der Waals surface area contributed by atoms with E-state index in [0.29, 0.717) is 24.1 Å². The van der Waals surface area contributed by atoms with E-state index in [4.69, 9.17) is 18.5 Å². The molecule has 0 aromatic rings. The van der Waals surface area contributed by atoms with Crippen LogP contribution in [0.5, 0.6) is 0 Å². The molecule has 0 amide bonds. The maximum Gasteiger partial charge on any atom is 0.472 e. The summed E-state index contributed by atoms with van der Waals surface area (Å²) in [6.07, 6.45) is 63.1. The maximum atomic E-state index is 12.8. The van der Waals surface area contributed by atoms with E-state index in [-0.39, 0.29) is 25.8 Å². The van der Waals surface area contributed by atoms with Crippen LogP contribution in [0.1, 0.15) is 181 Å². The van der Waals surface area contributed by atoms with Gasteiger partial charge in [-0.05, 0) is 96.3 Å². The average Bonchev–Trinajstić information content (AvgIpc) is 3.24. The molecule has 1 N–H and O–H groups in total. The minimum atomic E-state index is -4.30. The van der Waals surface area contributed by atoms with Crippen molar-refractivity contribution in [1.29, 1.82) is 0 Å². The van der Waals surface area contributed by atoms with Gasteiger partial charge in [0.05, 0.1) is 34.4 Å². The molecular formula is C54H95NO7P+. The Balaban J connectivity index is 4.27. The highest BCUT2D eigenvalue weighted by molar-refractivity contribution is 7.47. The first kappa shape index (κ1) is 60.4. The molecule has 2 unspecified atom stereocenters. The smallest absolute Gasteiger partial charge is 0.457 e. The zero-order chi connectivity index (χ0) is 46.2. The number of rotatable bonds is 45. The fraction of sp³-hybridized carbons (Fsp3) is 0.685. The van der Waals surface area contributed by atoms with Crippen LogP contribution in [0.4, 0.5) is 0 Å². The number of hydrogen-bond acceptors (Lipinski definition) is 6. The number of phosphoric ester groups is 1. The molecule has 0 radical (unpaired) electrons. The number of hydrogen-bond donors (Lipinski definition) is 1. The van der Waals surface area contributed by atoms with Gasteiger partial charge in [0.15, 0.2) is 0 Å². The lowest BCUT2D eigenvalue weighted by Crippen LogP contribution is -2.37. The fourth-order valence-electron chi connectivity index (χ4n) is 6.29. The van der Waals surface area contributed by atoms with E-state index in [1.807, 2.05) is 21.1 Å². The quantitative estimate of drug-likeness (QED) is 0.0214. The summed E-state index contributed by atoms with van der Waals surface area (Å²) in [7, 11) is 1.63. The number of quaternary nitrogens is 1. The van der Waals surface area contributed by atoms with E-state index >= 15 is 0 Å². The van der Waals surface area contributed by atoms with Gasteiger partial charge in [0, 0.05) is 13.0 Å². The fourth-order valence-corrected chi connectivity index (χ4v) is 7.03. The van der Waals surface area contributed by atoms with Crippen molar-refractivity contribution in [1.82, 2.24) is 0 Å². The van der Waals surface area contributed by atoms with Crippen LogP contribution in [0.25, 0.3) is 0 Å². The van der Waals surface area contributed by atoms with Crippen LogP contribution in [-0.4, -0.2) is 75.6 Å². The van der Waals surface area contributed by atoms with Gasteiger partial charge in [-0.3, -0.25) is 13.8 Å². The van der Waals surface area contributed by atoms with Gasteiger partial charge < -0.3 is 18.9 Å². The minimum absolute atomic E-state index is 0.0754. The van der Waals surface area contributed by atoms with Crippen LogP contribution < -0.4 is 0 Å². The van der Waals surface area contributed by atoms with Crippen molar-refractivity contribution in [3.8, 4) is 0 Å². The first-order valence-corrected chi connectivity index (χ1v) is 26.5. The summed E-state index contributed by atoms with van der Waals surface area (Å²) in [6, 6.07) is 0. The Bertz CT molecular complexity index is 1320. The first-order valence-electron chi connectivity index (χ1n) is 25.0. The van der Waals surface area contributed by atoms with Crippen molar-refractivity contribution in [3.63, 3.8) is 0 Å². The third kappa shape index (κ3) is 50.3. The number of carbonyl (C=O) groups is 1. The molecule has 0 fully saturated rings. The molecule has 362 valence electrons. The van der Waals surface area contributed by atoms with Crippen molar-refractivity contribution in [2.75, 3.05) is 54.1 Å². The second-order valence-electron chi connectivity index (χ2n) is 17.5. The Morgan fingerprint density at radius 1 is 0.508 bits per heavy atom. The van der Waals surface area contributed by atoms with Gasteiger partial charge in [-0.2, -0.15) is 0 Å². The normalized spacial score (nSPS) is 14.4. The predicted octanol–water partition coefficient (Wildman–Crippen LogP) is 15.4. The molecule has 0 rings (SSSR count). The zero-order valence-electron chi connectivity index (χ0n) is 41.0. The third-order valence-corrected chi connectivity index (χ3v) is 11.1. The standard InChI is InChI=1S/C54H94NO7P/c1-6-8-10-12-14-16-18-20-22-24-26-27-28-30-32-34-36-38-40-42-44-46-49-59-51-53(52-61-63(57,58)60-50-48-55(3,4)5)62-54(56)47-45-43-41-39-37-35-33-31-29-25-23-21-19-17-15-13-11-9-7-2/h8,10,14-17,20-23,26-27,30,32,36,38,53H,6-7,9,11-13,18-19,24-25,28-29,31,33-35,37,39-52H2,1-5H3/p+1/b10-8-,16-14-,17-15-,22-20-,23-21-,27-26-,32-30-,38-36-. The van der Waals surface area contributed by atoms with Gasteiger partial charge >= 0.3 is 13.8 Å². The molecule has 0 bridgehead atoms. The van der Waals surface area contributed by atoms with Gasteiger partial charge in [0.1, 0.15) is 19.3 Å². The van der Waals surface area contributed by atoms with Crippen molar-refractivity contribution in [2.45, 2.75) is 187 Å². The van der Waals surface area contributed by atoms with Crippen molar-refractivity contribution < 1.29 is 37.3 Å². The van der Waals surface area contributed by atoms with E-state index in [1.54, 1.807) is 0 Å². The number of allylic oxidation sites excluding steroid dienone is 16. The van der Waals surface area contributed by atoms with Crippen LogP contribution in [0, 0.1) is 0 Å². The van der Waals surface area contributed by atoms with Crippen LogP contribution in [0.15, 0.2) is 97.2 Å². The molecule has 0 spiro atoms. The second kappa shape index (κ2) is 46.0. The highest BCUT2D eigenvalue weighted by Gasteiger charge is 2.26. The number of nitrogens with zero attached hydrogens (tertiary/aromatic N) is 1. The molecule has 0 aromatic carbocycles. The topological polar surface area (TPSA) is 91.3 Å². The Morgan fingerprint density at radius 2 is 0.921 bits per heavy atom. The summed E-state index contributed by atoms with van der Waals surface area (Å²) in [4.78, 5) is 23.0. The van der Waals surface area contributed by atoms with E-state index in [1.165, 1.54) is 70.6 Å². The third-order valence-electron chi connectivity index (χ3n) is 10.1. The predicted molar refractivity (Wildman–Crippen MR) is 270 cm³/mol. The first-order chi connectivity index (χ1) is 30.6. The number of carbonyl (C=O) groups excluding carboxylic acids is 1. The van der Waals surface area contributed by atoms with Crippen LogP contribution in [0.2, 0.25) is 0 Å². The number of esters is 1. The largest absolute Gasteiger partial charge is 0.472 e. The summed E-state index contributed by atoms with van der Waals surface area (Å²) in [5.41, 5.74) is 0. The Morgan fingerprint density at radius 3 is 1.38 bits per heavy atom. The maximum absolute atomic E-state index is 12.8. The van der Waals surface area contributed by atoms with E-state index in [9.17, 15) is 14.3 Å². The van der Waals surface area contributed by atoms with Crippen molar-refractivity contribution in [2.24, 2.45) is 0 Å². The Hall–Kier alpha value is -2.58. The van der Waals surface area contributed by atoms with Crippen molar-refractivity contribution in [3.05, 3.63) is 97.2 Å². The average molecular weight is 901 g/mol. The monoisotopic (exact) mass is 901 g/mol. The number of likely N-dealkylation sites (N-methyl/N-ethyl adjacent to an activating group) is 1. The molecule has 0 aliphatic rings. The number of unbranched alkanes of at least 4 members (excludes halogenated alkanes) is 15. The molecule has 0 aromatic heterocycles. The number of phosphoric acid groups is 1. The summed E-state index contributed by atoms with van der Waals surface area (Å²) >= 11 is 0. The van der Waals surface area contributed by atoms with Crippen LogP contribution >= 0.6 is 7.82 Å². The second-order valence-corrected chi connectivity index (χ2v) is 18.9. The SMILES string of the molecule is CC/C=C\C/C=C\C/C=C\C/C=C\C/C=C\C/C=C\CCCCCOCC(COP(=O)(O)OCC[N+](C)(C)C)OC(=O)CCCCCCCCCCC/C=C\C/C=C\CCCCC. The highest BCUT2D eigenvalue weighted by atomic mass is 31.2. The molecular weight excluding hydrogens is 806 g/mol. The summed E-state index contributed by atoms with van der Waals surface area (Å²) in [6.45, 7) is 5.38. The van der Waals surface area contributed by atoms with Gasteiger partial charge in [-0.15, -0.1) is 0 Å². The van der Waals surface area contributed by atoms with Crippen LogP contribution in [0.3, 0.4) is 0 Å². The number of ether oxygens (including phenoxy) is 2. The lowest BCUT2D eigenvalue weighted by molar-refractivity contribution is -0.870. The lowest BCUT2D eigenvalue weighted by atomic mass is 10.1. The summed E-state index contributed by atoms with van der Waals surface area (Å²) < 4.78 is 35.1. The van der Waals surface area contributed by atoms with Crippen molar-refractivity contribution >= 4 is 13.8 Å². The van der Waals surface area contributed by atoms with E-state index in [2.05, 4.69) is 111 Å². The van der Waals surface area contributed by atoms with E-state index < -0.39 is 13.9 Å². The van der Waals surface area contributed by atoms with Gasteiger partial charge in [0.25, 0.3) is 0 Å². The summed E-state index contributed by atoms with van der Waals surface area (Å²) in [5, 5.41) is 0. The Labute approximate surface area is 387 Å². The van der Waals surface area contributed by atoms with Gasteiger partial charge in [-0.25, -0.2) is 4.57 Å². The molecule has 63 heavy (non-hydrogen) atoms. The van der Waals surface area contributed by atoms with Gasteiger partial charge in [0.2, 0.25) is 0 Å². The molecule has 0 aliphatic heterocycles. The van der Waals surface area contributed by atoms with E-state index in [0.717, 1.165) is 89.9 Å². The molecule has 8 nitrogen and oxygen atoms in total. The highest BCUT2D eigenvalue weighted by Crippen LogP contribution is 2.43. The molecule has 0 saturated heterocycles. The lowest BCUT2D eigenvalue weighted by Gasteiger charge is -2.24.